The van der Waals surface area contributed by atoms with Gasteiger partial charge in [0.05, 0.1) is 10.7 Å². The van der Waals surface area contributed by atoms with Crippen LogP contribution in [0.1, 0.15) is 16.1 Å². The lowest BCUT2D eigenvalue weighted by Crippen LogP contribution is -2.20. The minimum absolute atomic E-state index is 0.149. The highest BCUT2D eigenvalue weighted by molar-refractivity contribution is 9.11. The lowest BCUT2D eigenvalue weighted by atomic mass is 10.2. The van der Waals surface area contributed by atoms with Crippen molar-refractivity contribution in [2.45, 2.75) is 6.92 Å². The van der Waals surface area contributed by atoms with E-state index >= 15 is 0 Å². The van der Waals surface area contributed by atoms with Gasteiger partial charge in [-0.05, 0) is 70.9 Å². The first-order valence-electron chi connectivity index (χ1n) is 8.25. The molecule has 0 spiro atoms. The molecule has 3 rings (SSSR count). The third kappa shape index (κ3) is 5.24. The van der Waals surface area contributed by atoms with Crippen molar-refractivity contribution >= 4 is 55.0 Å². The number of amides is 2. The van der Waals surface area contributed by atoms with Gasteiger partial charge in [0.2, 0.25) is 0 Å². The van der Waals surface area contributed by atoms with Gasteiger partial charge in [0.25, 0.3) is 11.8 Å². The molecular weight excluding hydrogens is 492 g/mol. The molecule has 2 aromatic carbocycles. The van der Waals surface area contributed by atoms with Crippen molar-refractivity contribution in [3.05, 3.63) is 75.1 Å². The molecule has 3 aromatic rings. The molecule has 0 saturated heterocycles. The van der Waals surface area contributed by atoms with Crippen LogP contribution in [0.25, 0.3) is 0 Å². The Kier molecular flexibility index (Phi) is 6.53. The van der Waals surface area contributed by atoms with Crippen LogP contribution >= 0.6 is 31.9 Å². The zero-order chi connectivity index (χ0) is 20.1. The second kappa shape index (κ2) is 9.07. The van der Waals surface area contributed by atoms with Crippen molar-refractivity contribution in [3.63, 3.8) is 0 Å². The van der Waals surface area contributed by atoms with Crippen LogP contribution in [-0.2, 0) is 4.79 Å². The number of hydrogen-bond acceptors (Lipinski definition) is 4. The highest BCUT2D eigenvalue weighted by atomic mass is 79.9. The van der Waals surface area contributed by atoms with Crippen LogP contribution in [0.5, 0.6) is 5.75 Å². The van der Waals surface area contributed by atoms with E-state index in [0.717, 1.165) is 14.5 Å². The number of rotatable bonds is 6. The maximum Gasteiger partial charge on any atom is 0.291 e. The highest BCUT2D eigenvalue weighted by Gasteiger charge is 2.11. The van der Waals surface area contributed by atoms with Crippen molar-refractivity contribution in [3.8, 4) is 5.75 Å². The molecule has 1 heterocycles. The van der Waals surface area contributed by atoms with Gasteiger partial charge in [-0.2, -0.15) is 0 Å². The molecule has 1 aromatic heterocycles. The maximum atomic E-state index is 12.2. The third-order valence-corrected chi connectivity index (χ3v) is 4.74. The van der Waals surface area contributed by atoms with E-state index in [1.165, 1.54) is 6.26 Å². The maximum absolute atomic E-state index is 12.2. The van der Waals surface area contributed by atoms with E-state index in [-0.39, 0.29) is 24.2 Å². The molecule has 8 heteroatoms. The topological polar surface area (TPSA) is 80.6 Å². The number of anilines is 2. The second-order valence-corrected chi connectivity index (χ2v) is 7.65. The normalized spacial score (nSPS) is 10.4. The minimum Gasteiger partial charge on any atom is -0.482 e. The summed E-state index contributed by atoms with van der Waals surface area (Å²) in [4.78, 5) is 24.3. The van der Waals surface area contributed by atoms with Crippen LogP contribution in [0.3, 0.4) is 0 Å². The Bertz CT molecular complexity index is 980. The molecule has 0 aliphatic heterocycles. The Balaban J connectivity index is 1.59. The fourth-order valence-electron chi connectivity index (χ4n) is 2.48. The number of aryl methyl sites for hydroxylation is 1. The van der Waals surface area contributed by atoms with Crippen molar-refractivity contribution in [2.75, 3.05) is 17.2 Å². The summed E-state index contributed by atoms with van der Waals surface area (Å²) in [6.45, 7) is 1.75. The molecule has 0 bridgehead atoms. The zero-order valence-electron chi connectivity index (χ0n) is 14.8. The average Bonchev–Trinajstić information content (AvgIpc) is 3.16. The Morgan fingerprint density at radius 2 is 1.79 bits per heavy atom. The number of benzene rings is 2. The van der Waals surface area contributed by atoms with Gasteiger partial charge in [0, 0.05) is 15.8 Å². The number of carbonyl (C=O) groups excluding carboxylic acids is 2. The Labute approximate surface area is 178 Å². The first-order valence-corrected chi connectivity index (χ1v) is 9.84. The molecule has 0 saturated carbocycles. The largest absolute Gasteiger partial charge is 0.482 e. The van der Waals surface area contributed by atoms with E-state index in [9.17, 15) is 9.59 Å². The van der Waals surface area contributed by atoms with Crippen LogP contribution < -0.4 is 15.4 Å². The summed E-state index contributed by atoms with van der Waals surface area (Å²) in [5.74, 6) is 0.132. The number of carbonyl (C=O) groups is 2. The van der Waals surface area contributed by atoms with E-state index in [1.807, 2.05) is 19.1 Å². The van der Waals surface area contributed by atoms with Gasteiger partial charge in [0.15, 0.2) is 12.4 Å². The molecule has 2 amide bonds. The molecule has 0 aliphatic carbocycles. The molecule has 0 aliphatic rings. The van der Waals surface area contributed by atoms with Crippen LogP contribution in [0, 0.1) is 6.92 Å². The van der Waals surface area contributed by atoms with Gasteiger partial charge in [-0.1, -0.05) is 22.0 Å². The summed E-state index contributed by atoms with van der Waals surface area (Å²) in [5.41, 5.74) is 1.97. The number of hydrogen-bond donors (Lipinski definition) is 2. The fourth-order valence-corrected chi connectivity index (χ4v) is 4.04. The minimum atomic E-state index is -0.368. The van der Waals surface area contributed by atoms with E-state index in [1.54, 1.807) is 36.4 Å². The predicted octanol–water partition coefficient (Wildman–Crippen LogP) is 5.38. The quantitative estimate of drug-likeness (QED) is 0.469. The summed E-state index contributed by atoms with van der Waals surface area (Å²) >= 11 is 6.84. The number of nitrogens with one attached hydrogen (secondary N) is 2. The molecule has 0 radical (unpaired) electrons. The van der Waals surface area contributed by atoms with Crippen molar-refractivity contribution in [2.24, 2.45) is 0 Å². The van der Waals surface area contributed by atoms with E-state index in [2.05, 4.69) is 42.5 Å². The predicted molar refractivity (Wildman–Crippen MR) is 114 cm³/mol. The van der Waals surface area contributed by atoms with E-state index < -0.39 is 0 Å². The van der Waals surface area contributed by atoms with Crippen LogP contribution in [-0.4, -0.2) is 18.4 Å². The monoisotopic (exact) mass is 506 g/mol. The first kappa shape index (κ1) is 20.2. The van der Waals surface area contributed by atoms with Crippen molar-refractivity contribution < 1.29 is 18.7 Å². The number of ether oxygens (including phenoxy) is 1. The Morgan fingerprint density at radius 3 is 2.46 bits per heavy atom. The Hall–Kier alpha value is -2.58. The van der Waals surface area contributed by atoms with Gasteiger partial charge < -0.3 is 19.8 Å². The van der Waals surface area contributed by atoms with E-state index in [4.69, 9.17) is 9.15 Å². The summed E-state index contributed by atoms with van der Waals surface area (Å²) in [5, 5.41) is 5.46. The molecule has 0 unspecified atom stereocenters. The number of furan rings is 1. The second-order valence-electron chi connectivity index (χ2n) is 5.88. The summed E-state index contributed by atoms with van der Waals surface area (Å²) in [7, 11) is 0. The Morgan fingerprint density at radius 1 is 1.04 bits per heavy atom. The molecule has 2 N–H and O–H groups in total. The fraction of sp³-hybridized carbons (Fsp3) is 0.100. The third-order valence-electron chi connectivity index (χ3n) is 3.69. The molecule has 6 nitrogen and oxygen atoms in total. The summed E-state index contributed by atoms with van der Waals surface area (Å²) < 4.78 is 12.4. The smallest absolute Gasteiger partial charge is 0.291 e. The van der Waals surface area contributed by atoms with Crippen molar-refractivity contribution in [1.82, 2.24) is 0 Å². The van der Waals surface area contributed by atoms with Crippen molar-refractivity contribution in [1.29, 1.82) is 0 Å². The lowest BCUT2D eigenvalue weighted by Gasteiger charge is -2.12. The van der Waals surface area contributed by atoms with Gasteiger partial charge in [-0.3, -0.25) is 9.59 Å². The highest BCUT2D eigenvalue weighted by Crippen LogP contribution is 2.32. The van der Waals surface area contributed by atoms with Gasteiger partial charge in [-0.15, -0.1) is 0 Å². The SMILES string of the molecule is Cc1cc(Br)cc(Br)c1OCC(=O)Nc1cccc(NC(=O)c2ccco2)c1. The lowest BCUT2D eigenvalue weighted by molar-refractivity contribution is -0.118. The standard InChI is InChI=1S/C20H16Br2N2O4/c1-12-8-13(21)9-16(22)19(12)28-11-18(25)23-14-4-2-5-15(10-14)24-20(26)17-6-3-7-27-17/h2-10H,11H2,1H3,(H,23,25)(H,24,26). The summed E-state index contributed by atoms with van der Waals surface area (Å²) in [6, 6.07) is 13.8. The molecular formula is C20H16Br2N2O4. The van der Waals surface area contributed by atoms with Gasteiger partial charge in [0.1, 0.15) is 5.75 Å². The van der Waals surface area contributed by atoms with Gasteiger partial charge >= 0.3 is 0 Å². The van der Waals surface area contributed by atoms with Crippen LogP contribution in [0.4, 0.5) is 11.4 Å². The van der Waals surface area contributed by atoms with Gasteiger partial charge in [-0.25, -0.2) is 0 Å². The van der Waals surface area contributed by atoms with E-state index in [0.29, 0.717) is 17.1 Å². The average molecular weight is 508 g/mol. The van der Waals surface area contributed by atoms with Crippen LogP contribution in [0.15, 0.2) is 68.2 Å². The molecule has 144 valence electrons. The molecule has 0 atom stereocenters. The van der Waals surface area contributed by atoms with Crippen LogP contribution in [0.2, 0.25) is 0 Å². The molecule has 0 fully saturated rings. The molecule has 28 heavy (non-hydrogen) atoms. The zero-order valence-corrected chi connectivity index (χ0v) is 18.0. The first-order chi connectivity index (χ1) is 13.4. The summed E-state index contributed by atoms with van der Waals surface area (Å²) in [6.07, 6.45) is 1.43. The number of halogens is 2.